The van der Waals surface area contributed by atoms with E-state index < -0.39 is 18.0 Å². The van der Waals surface area contributed by atoms with Gasteiger partial charge in [-0.2, -0.15) is 0 Å². The Balaban J connectivity index is 1.78. The maximum atomic E-state index is 12.1. The maximum absolute atomic E-state index is 12.1. The van der Waals surface area contributed by atoms with Crippen molar-refractivity contribution >= 4 is 46.3 Å². The Bertz CT molecular complexity index is 815. The molecule has 1 aromatic carbocycles. The van der Waals surface area contributed by atoms with Gasteiger partial charge in [-0.15, -0.1) is 11.3 Å². The van der Waals surface area contributed by atoms with Crippen LogP contribution in [0.3, 0.4) is 0 Å². The van der Waals surface area contributed by atoms with Crippen molar-refractivity contribution in [2.24, 2.45) is 0 Å². The molecule has 2 N–H and O–H groups in total. The Morgan fingerprint density at radius 1 is 1.00 bits per heavy atom. The number of esters is 1. The number of rotatable bonds is 8. The van der Waals surface area contributed by atoms with Crippen molar-refractivity contribution in [3.05, 3.63) is 46.7 Å². The van der Waals surface area contributed by atoms with Gasteiger partial charge in [-0.1, -0.05) is 6.07 Å². The van der Waals surface area contributed by atoms with Gasteiger partial charge in [-0.25, -0.2) is 0 Å². The maximum Gasteiger partial charge on any atom is 0.307 e. The standard InChI is InChI=1S/C19H20N2O5S/c1-12(26-18(24)10-9-16(23)17-4-3-11-27-17)19(25)21-15-7-5-14(6-8-15)20-13(2)22/h3-8,11-12H,9-10H2,1-2H3,(H,20,22)(H,21,25)/t12-/m0/s1. The van der Waals surface area contributed by atoms with Crippen LogP contribution in [0.1, 0.15) is 36.4 Å². The minimum absolute atomic E-state index is 0.0400. The van der Waals surface area contributed by atoms with Crippen LogP contribution in [0.2, 0.25) is 0 Å². The predicted octanol–water partition coefficient (Wildman–Crippen LogP) is 3.24. The summed E-state index contributed by atoms with van der Waals surface area (Å²) in [5.41, 5.74) is 1.11. The number of anilines is 2. The van der Waals surface area contributed by atoms with Gasteiger partial charge in [0, 0.05) is 24.7 Å². The van der Waals surface area contributed by atoms with E-state index in [1.54, 1.807) is 41.8 Å². The van der Waals surface area contributed by atoms with E-state index in [0.717, 1.165) is 0 Å². The van der Waals surface area contributed by atoms with Crippen molar-refractivity contribution in [2.75, 3.05) is 10.6 Å². The Kier molecular flexibility index (Phi) is 7.25. The second-order valence-corrected chi connectivity index (χ2v) is 6.73. The number of nitrogens with one attached hydrogen (secondary N) is 2. The number of carbonyl (C=O) groups is 4. The van der Waals surface area contributed by atoms with E-state index in [-0.39, 0.29) is 24.5 Å². The van der Waals surface area contributed by atoms with Crippen molar-refractivity contribution in [1.82, 2.24) is 0 Å². The number of hydrogen-bond donors (Lipinski definition) is 2. The van der Waals surface area contributed by atoms with Crippen LogP contribution in [0.4, 0.5) is 11.4 Å². The number of ketones is 1. The molecule has 0 aliphatic carbocycles. The molecule has 2 amide bonds. The molecule has 0 saturated carbocycles. The molecule has 27 heavy (non-hydrogen) atoms. The molecular formula is C19H20N2O5S. The summed E-state index contributed by atoms with van der Waals surface area (Å²) in [6, 6.07) is 10.00. The van der Waals surface area contributed by atoms with Crippen LogP contribution in [0.15, 0.2) is 41.8 Å². The molecule has 8 heteroatoms. The first-order chi connectivity index (χ1) is 12.8. The molecule has 7 nitrogen and oxygen atoms in total. The average Bonchev–Trinajstić information content (AvgIpc) is 3.15. The van der Waals surface area contributed by atoms with Crippen molar-refractivity contribution in [2.45, 2.75) is 32.8 Å². The molecule has 0 bridgehead atoms. The van der Waals surface area contributed by atoms with Crippen LogP contribution in [0.5, 0.6) is 0 Å². The molecule has 1 aromatic heterocycles. The highest BCUT2D eigenvalue weighted by Crippen LogP contribution is 2.15. The number of benzene rings is 1. The lowest BCUT2D eigenvalue weighted by Crippen LogP contribution is -2.30. The van der Waals surface area contributed by atoms with E-state index in [1.807, 2.05) is 0 Å². The zero-order chi connectivity index (χ0) is 19.8. The van der Waals surface area contributed by atoms with Gasteiger partial charge in [0.2, 0.25) is 5.91 Å². The summed E-state index contributed by atoms with van der Waals surface area (Å²) in [5.74, 6) is -1.41. The highest BCUT2D eigenvalue weighted by Gasteiger charge is 2.19. The lowest BCUT2D eigenvalue weighted by Gasteiger charge is -2.13. The smallest absolute Gasteiger partial charge is 0.307 e. The highest BCUT2D eigenvalue weighted by molar-refractivity contribution is 7.12. The second kappa shape index (κ2) is 9.63. The third-order valence-corrected chi connectivity index (χ3v) is 4.41. The predicted molar refractivity (Wildman–Crippen MR) is 103 cm³/mol. The number of hydrogen-bond acceptors (Lipinski definition) is 6. The fourth-order valence-electron chi connectivity index (χ4n) is 2.17. The highest BCUT2D eigenvalue weighted by atomic mass is 32.1. The lowest BCUT2D eigenvalue weighted by molar-refractivity contribution is -0.153. The van der Waals surface area contributed by atoms with Gasteiger partial charge in [-0.3, -0.25) is 19.2 Å². The molecule has 0 unspecified atom stereocenters. The van der Waals surface area contributed by atoms with Crippen molar-refractivity contribution in [3.8, 4) is 0 Å². The molecule has 1 atom stereocenters. The zero-order valence-corrected chi connectivity index (χ0v) is 15.8. The molecule has 0 aliphatic heterocycles. The fourth-order valence-corrected chi connectivity index (χ4v) is 2.86. The Morgan fingerprint density at radius 3 is 2.19 bits per heavy atom. The fraction of sp³-hybridized carbons (Fsp3) is 0.263. The largest absolute Gasteiger partial charge is 0.453 e. The van der Waals surface area contributed by atoms with Crippen LogP contribution in [0, 0.1) is 0 Å². The SMILES string of the molecule is CC(=O)Nc1ccc(NC(=O)[C@H](C)OC(=O)CCC(=O)c2cccs2)cc1. The number of Topliss-reactive ketones (excluding diaryl/α,β-unsaturated/α-hetero) is 1. The third kappa shape index (κ3) is 6.67. The van der Waals surface area contributed by atoms with Gasteiger partial charge in [0.05, 0.1) is 11.3 Å². The summed E-state index contributed by atoms with van der Waals surface area (Å²) in [7, 11) is 0. The van der Waals surface area contributed by atoms with Crippen LogP contribution in [0.25, 0.3) is 0 Å². The normalized spacial score (nSPS) is 11.3. The van der Waals surface area contributed by atoms with Gasteiger partial charge >= 0.3 is 5.97 Å². The number of thiophene rings is 1. The molecular weight excluding hydrogens is 368 g/mol. The molecule has 1 heterocycles. The topological polar surface area (TPSA) is 102 Å². The molecule has 0 spiro atoms. The zero-order valence-electron chi connectivity index (χ0n) is 15.0. The van der Waals surface area contributed by atoms with E-state index in [9.17, 15) is 19.2 Å². The summed E-state index contributed by atoms with van der Waals surface area (Å²) in [5, 5.41) is 7.03. The minimum atomic E-state index is -0.996. The van der Waals surface area contributed by atoms with E-state index in [2.05, 4.69) is 10.6 Å². The molecule has 0 fully saturated rings. The first-order valence-electron chi connectivity index (χ1n) is 8.30. The first kappa shape index (κ1) is 20.3. The molecule has 142 valence electrons. The summed E-state index contributed by atoms with van der Waals surface area (Å²) >= 11 is 1.32. The third-order valence-electron chi connectivity index (χ3n) is 3.50. The number of amides is 2. The van der Waals surface area contributed by atoms with Crippen molar-refractivity contribution < 1.29 is 23.9 Å². The lowest BCUT2D eigenvalue weighted by atomic mass is 10.2. The Hall–Kier alpha value is -3.00. The quantitative estimate of drug-likeness (QED) is 0.534. The van der Waals surface area contributed by atoms with Gasteiger partial charge in [0.15, 0.2) is 11.9 Å². The van der Waals surface area contributed by atoms with Crippen LogP contribution < -0.4 is 10.6 Å². The van der Waals surface area contributed by atoms with E-state index in [0.29, 0.717) is 16.3 Å². The monoisotopic (exact) mass is 388 g/mol. The minimum Gasteiger partial charge on any atom is -0.453 e. The summed E-state index contributed by atoms with van der Waals surface area (Å²) < 4.78 is 5.07. The Labute approximate surface area is 160 Å². The van der Waals surface area contributed by atoms with E-state index in [1.165, 1.54) is 25.2 Å². The van der Waals surface area contributed by atoms with Crippen LogP contribution in [-0.2, 0) is 19.1 Å². The summed E-state index contributed by atoms with van der Waals surface area (Å²) in [6.07, 6.45) is -1.04. The van der Waals surface area contributed by atoms with E-state index >= 15 is 0 Å². The van der Waals surface area contributed by atoms with Crippen LogP contribution >= 0.6 is 11.3 Å². The molecule has 2 rings (SSSR count). The van der Waals surface area contributed by atoms with Gasteiger partial charge in [0.25, 0.3) is 5.91 Å². The molecule has 0 saturated heterocycles. The number of carbonyl (C=O) groups excluding carboxylic acids is 4. The second-order valence-electron chi connectivity index (χ2n) is 5.78. The van der Waals surface area contributed by atoms with Gasteiger partial charge in [0.1, 0.15) is 0 Å². The Morgan fingerprint density at radius 2 is 1.63 bits per heavy atom. The van der Waals surface area contributed by atoms with Crippen molar-refractivity contribution in [3.63, 3.8) is 0 Å². The van der Waals surface area contributed by atoms with Crippen molar-refractivity contribution in [1.29, 1.82) is 0 Å². The molecule has 0 aliphatic rings. The summed E-state index contributed by atoms with van der Waals surface area (Å²) in [6.45, 7) is 2.86. The van der Waals surface area contributed by atoms with Crippen LogP contribution in [-0.4, -0.2) is 29.7 Å². The number of ether oxygens (including phenoxy) is 1. The molecule has 2 aromatic rings. The van der Waals surface area contributed by atoms with Gasteiger partial charge < -0.3 is 15.4 Å². The molecule has 0 radical (unpaired) electrons. The summed E-state index contributed by atoms with van der Waals surface area (Å²) in [4.78, 5) is 47.4. The van der Waals surface area contributed by atoms with Gasteiger partial charge in [-0.05, 0) is 42.6 Å². The first-order valence-corrected chi connectivity index (χ1v) is 9.18. The average molecular weight is 388 g/mol. The van der Waals surface area contributed by atoms with E-state index in [4.69, 9.17) is 4.74 Å².